The average molecular weight is 254 g/mol. The van der Waals surface area contributed by atoms with E-state index in [9.17, 15) is 13.5 Å². The Labute approximate surface area is 97.8 Å². The molecule has 0 aromatic heterocycles. The van der Waals surface area contributed by atoms with Crippen LogP contribution in [0.25, 0.3) is 0 Å². The molecule has 16 heavy (non-hydrogen) atoms. The second kappa shape index (κ2) is 7.18. The Morgan fingerprint density at radius 2 is 2.00 bits per heavy atom. The van der Waals surface area contributed by atoms with E-state index in [-0.39, 0.29) is 19.1 Å². The van der Waals surface area contributed by atoms with Crippen LogP contribution in [0.5, 0.6) is 0 Å². The molecule has 7 heteroatoms. The number of aliphatic hydroxyl groups excluding tert-OH is 1. The van der Waals surface area contributed by atoms with Crippen molar-refractivity contribution in [1.82, 2.24) is 9.03 Å². The van der Waals surface area contributed by atoms with Crippen molar-refractivity contribution in [1.29, 1.82) is 0 Å². The summed E-state index contributed by atoms with van der Waals surface area (Å²) in [4.78, 5) is 0. The van der Waals surface area contributed by atoms with Crippen LogP contribution in [0.2, 0.25) is 0 Å². The third-order valence-corrected chi connectivity index (χ3v) is 3.41. The van der Waals surface area contributed by atoms with Gasteiger partial charge in [0.1, 0.15) is 0 Å². The fourth-order valence-corrected chi connectivity index (χ4v) is 2.15. The summed E-state index contributed by atoms with van der Waals surface area (Å²) in [5.74, 6) is 0.243. The number of nitrogens with one attached hydrogen (secondary N) is 1. The smallest absolute Gasteiger partial charge is 0.279 e. The predicted octanol–water partition coefficient (Wildman–Crippen LogP) is -0.584. The summed E-state index contributed by atoms with van der Waals surface area (Å²) in [7, 11) is -0.630. The first-order valence-electron chi connectivity index (χ1n) is 5.17. The fourth-order valence-electron chi connectivity index (χ4n) is 1.02. The van der Waals surface area contributed by atoms with Crippen LogP contribution in [0.15, 0.2) is 0 Å². The molecular formula is C9H22N2O4S. The van der Waals surface area contributed by atoms with Gasteiger partial charge in [0.2, 0.25) is 0 Å². The van der Waals surface area contributed by atoms with Gasteiger partial charge >= 0.3 is 0 Å². The fraction of sp³-hybridized carbons (Fsp3) is 1.00. The summed E-state index contributed by atoms with van der Waals surface area (Å²) in [5.41, 5.74) is 0. The van der Waals surface area contributed by atoms with Crippen LogP contribution in [0.4, 0.5) is 0 Å². The van der Waals surface area contributed by atoms with Gasteiger partial charge in [-0.25, -0.2) is 4.72 Å². The van der Waals surface area contributed by atoms with Crippen molar-refractivity contribution >= 4 is 10.2 Å². The Kier molecular flexibility index (Phi) is 7.09. The normalized spacial score (nSPS) is 14.7. The maximum atomic E-state index is 11.6. The molecule has 6 nitrogen and oxygen atoms in total. The van der Waals surface area contributed by atoms with Crippen molar-refractivity contribution in [2.45, 2.75) is 20.0 Å². The maximum absolute atomic E-state index is 11.6. The zero-order valence-corrected chi connectivity index (χ0v) is 11.1. The van der Waals surface area contributed by atoms with Crippen LogP contribution in [0.3, 0.4) is 0 Å². The molecular weight excluding hydrogens is 232 g/mol. The number of hydrogen-bond acceptors (Lipinski definition) is 4. The van der Waals surface area contributed by atoms with Crippen molar-refractivity contribution in [2.24, 2.45) is 5.92 Å². The second-order valence-corrected chi connectivity index (χ2v) is 6.00. The molecule has 0 bridgehead atoms. The molecule has 98 valence electrons. The number of ether oxygens (including phenoxy) is 1. The minimum Gasteiger partial charge on any atom is -0.389 e. The molecule has 0 fully saturated rings. The highest BCUT2D eigenvalue weighted by atomic mass is 32.2. The molecule has 0 heterocycles. The monoisotopic (exact) mass is 254 g/mol. The molecule has 1 unspecified atom stereocenters. The minimum absolute atomic E-state index is 0.0151. The summed E-state index contributed by atoms with van der Waals surface area (Å²) in [6.45, 7) is 4.35. The van der Waals surface area contributed by atoms with E-state index >= 15 is 0 Å². The van der Waals surface area contributed by atoms with Crippen LogP contribution in [-0.4, -0.2) is 57.8 Å². The summed E-state index contributed by atoms with van der Waals surface area (Å²) in [6, 6.07) is 0. The highest BCUT2D eigenvalue weighted by Crippen LogP contribution is 1.98. The Bertz CT molecular complexity index is 279. The molecule has 0 saturated heterocycles. The van der Waals surface area contributed by atoms with Gasteiger partial charge in [-0.3, -0.25) is 0 Å². The Morgan fingerprint density at radius 3 is 2.44 bits per heavy atom. The Balaban J connectivity index is 4.19. The molecule has 0 rings (SSSR count). The standard InChI is InChI=1S/C9H22N2O4S/c1-8(2)5-10-16(13,14)11(3)6-9(12)7-15-4/h8-10,12H,5-7H2,1-4H3. The van der Waals surface area contributed by atoms with Gasteiger partial charge in [0, 0.05) is 27.2 Å². The zero-order valence-electron chi connectivity index (χ0n) is 10.3. The van der Waals surface area contributed by atoms with E-state index in [0.717, 1.165) is 4.31 Å². The Hall–Kier alpha value is -0.210. The zero-order chi connectivity index (χ0) is 12.8. The molecule has 0 amide bonds. The SMILES string of the molecule is COCC(O)CN(C)S(=O)(=O)NCC(C)C. The van der Waals surface area contributed by atoms with Gasteiger partial charge in [0.05, 0.1) is 12.7 Å². The third-order valence-electron chi connectivity index (χ3n) is 1.91. The number of hydrogen-bond donors (Lipinski definition) is 2. The topological polar surface area (TPSA) is 78.9 Å². The van der Waals surface area contributed by atoms with E-state index in [1.165, 1.54) is 14.2 Å². The highest BCUT2D eigenvalue weighted by molar-refractivity contribution is 7.87. The highest BCUT2D eigenvalue weighted by Gasteiger charge is 2.20. The van der Waals surface area contributed by atoms with E-state index in [0.29, 0.717) is 6.54 Å². The lowest BCUT2D eigenvalue weighted by atomic mass is 10.2. The van der Waals surface area contributed by atoms with Crippen molar-refractivity contribution in [3.63, 3.8) is 0 Å². The minimum atomic E-state index is -3.50. The third kappa shape index (κ3) is 6.39. The molecule has 0 aliphatic rings. The van der Waals surface area contributed by atoms with Crippen molar-refractivity contribution < 1.29 is 18.3 Å². The van der Waals surface area contributed by atoms with Crippen molar-refractivity contribution in [3.8, 4) is 0 Å². The van der Waals surface area contributed by atoms with Crippen LogP contribution >= 0.6 is 0 Å². The van der Waals surface area contributed by atoms with Gasteiger partial charge in [-0.15, -0.1) is 0 Å². The van der Waals surface area contributed by atoms with Gasteiger partial charge in [-0.05, 0) is 5.92 Å². The first-order chi connectivity index (χ1) is 7.29. The Morgan fingerprint density at radius 1 is 1.44 bits per heavy atom. The van der Waals surface area contributed by atoms with Crippen LogP contribution in [0, 0.1) is 5.92 Å². The van der Waals surface area contributed by atoms with Crippen molar-refractivity contribution in [3.05, 3.63) is 0 Å². The molecule has 1 atom stereocenters. The van der Waals surface area contributed by atoms with E-state index in [1.54, 1.807) is 0 Å². The van der Waals surface area contributed by atoms with E-state index < -0.39 is 16.3 Å². The second-order valence-electron chi connectivity index (χ2n) is 4.14. The summed E-state index contributed by atoms with van der Waals surface area (Å²) in [6.07, 6.45) is -0.814. The largest absolute Gasteiger partial charge is 0.389 e. The number of rotatable bonds is 8. The lowest BCUT2D eigenvalue weighted by Gasteiger charge is -2.21. The summed E-state index contributed by atoms with van der Waals surface area (Å²) in [5, 5.41) is 9.40. The van der Waals surface area contributed by atoms with Gasteiger partial charge in [0.25, 0.3) is 10.2 Å². The number of methoxy groups -OCH3 is 1. The molecule has 0 aliphatic carbocycles. The lowest BCUT2D eigenvalue weighted by Crippen LogP contribution is -2.43. The molecule has 0 saturated carbocycles. The first kappa shape index (κ1) is 15.8. The molecule has 2 N–H and O–H groups in total. The summed E-state index contributed by atoms with van der Waals surface area (Å²) >= 11 is 0. The maximum Gasteiger partial charge on any atom is 0.279 e. The predicted molar refractivity (Wildman–Crippen MR) is 62.3 cm³/mol. The van der Waals surface area contributed by atoms with Crippen LogP contribution in [0.1, 0.15) is 13.8 Å². The van der Waals surface area contributed by atoms with Gasteiger partial charge in [0.15, 0.2) is 0 Å². The molecule has 0 aromatic rings. The molecule has 0 aromatic carbocycles. The quantitative estimate of drug-likeness (QED) is 0.607. The molecule has 0 radical (unpaired) electrons. The number of likely N-dealkylation sites (N-methyl/N-ethyl adjacent to an activating group) is 1. The lowest BCUT2D eigenvalue weighted by molar-refractivity contribution is 0.0552. The van der Waals surface area contributed by atoms with Gasteiger partial charge < -0.3 is 9.84 Å². The van der Waals surface area contributed by atoms with Crippen LogP contribution in [-0.2, 0) is 14.9 Å². The van der Waals surface area contributed by atoms with Crippen LogP contribution < -0.4 is 4.72 Å². The van der Waals surface area contributed by atoms with Gasteiger partial charge in [-0.1, -0.05) is 13.8 Å². The molecule has 0 spiro atoms. The van der Waals surface area contributed by atoms with Crippen molar-refractivity contribution in [2.75, 3.05) is 33.9 Å². The van der Waals surface area contributed by atoms with Gasteiger partial charge in [-0.2, -0.15) is 12.7 Å². The van der Waals surface area contributed by atoms with E-state index in [2.05, 4.69) is 4.72 Å². The average Bonchev–Trinajstić information content (AvgIpc) is 2.15. The van der Waals surface area contributed by atoms with E-state index in [4.69, 9.17) is 4.74 Å². The summed E-state index contributed by atoms with van der Waals surface area (Å²) < 4.78 is 31.5. The number of nitrogens with zero attached hydrogens (tertiary/aromatic N) is 1. The number of aliphatic hydroxyl groups is 1. The molecule has 0 aliphatic heterocycles. The van der Waals surface area contributed by atoms with E-state index in [1.807, 2.05) is 13.8 Å². The first-order valence-corrected chi connectivity index (χ1v) is 6.61.